The van der Waals surface area contributed by atoms with Crippen LogP contribution in [0.4, 0.5) is 0 Å². The number of hydrogen-bond acceptors (Lipinski definition) is 4. The first kappa shape index (κ1) is 29.9. The van der Waals surface area contributed by atoms with E-state index in [1.807, 2.05) is 6.07 Å². The topological polar surface area (TPSA) is 64.9 Å². The molecule has 0 unspecified atom stereocenters. The van der Waals surface area contributed by atoms with E-state index in [2.05, 4.69) is 112 Å². The summed E-state index contributed by atoms with van der Waals surface area (Å²) in [5, 5.41) is 25.4. The van der Waals surface area contributed by atoms with Crippen LogP contribution in [0, 0.1) is 0 Å². The maximum Gasteiger partial charge on any atom is 0.128 e. The van der Waals surface area contributed by atoms with Gasteiger partial charge in [-0.3, -0.25) is 4.99 Å². The Labute approximate surface area is 220 Å². The van der Waals surface area contributed by atoms with E-state index in [-0.39, 0.29) is 21.7 Å². The second-order valence-electron chi connectivity index (χ2n) is 14.2. The molecule has 0 saturated heterocycles. The van der Waals surface area contributed by atoms with Crippen LogP contribution in [0.2, 0.25) is 0 Å². The Morgan fingerprint density at radius 1 is 0.667 bits per heavy atom. The second kappa shape index (κ2) is 10.6. The van der Waals surface area contributed by atoms with Crippen molar-refractivity contribution in [3.63, 3.8) is 0 Å². The van der Waals surface area contributed by atoms with Crippen LogP contribution in [-0.2, 0) is 28.2 Å². The summed E-state index contributed by atoms with van der Waals surface area (Å²) in [5.74, 6) is 0.691. The van der Waals surface area contributed by atoms with Crippen LogP contribution in [-0.4, -0.2) is 29.5 Å². The van der Waals surface area contributed by atoms with E-state index >= 15 is 0 Å². The lowest BCUT2D eigenvalue weighted by Crippen LogP contribution is -2.21. The Morgan fingerprint density at radius 2 is 1.14 bits per heavy atom. The van der Waals surface area contributed by atoms with Crippen molar-refractivity contribution in [3.8, 4) is 11.5 Å². The zero-order valence-corrected chi connectivity index (χ0v) is 24.8. The molecule has 36 heavy (non-hydrogen) atoms. The minimum atomic E-state index is -0.162. The third-order valence-electron chi connectivity index (χ3n) is 6.64. The monoisotopic (exact) mass is 494 g/mol. The predicted octanol–water partition coefficient (Wildman–Crippen LogP) is 7.50. The molecule has 0 atom stereocenters. The van der Waals surface area contributed by atoms with Crippen LogP contribution < -0.4 is 5.32 Å². The van der Waals surface area contributed by atoms with Crippen molar-refractivity contribution in [2.75, 3.05) is 13.1 Å². The highest BCUT2D eigenvalue weighted by Crippen LogP contribution is 2.38. The summed E-state index contributed by atoms with van der Waals surface area (Å²) in [6.45, 7) is 27.8. The smallest absolute Gasteiger partial charge is 0.128 e. The number of phenolic OH excluding ortho intramolecular Hbond substituents is 2. The molecule has 4 heteroatoms. The SMILES string of the molecule is CC(C)(C)c1cc(C=NCCNCc2cc(C(C)(C)C)cc(C(C)(C)C)c2O)c(O)c(C(C)(C)C)c1. The Balaban J connectivity index is 2.17. The van der Waals surface area contributed by atoms with Gasteiger partial charge in [-0.25, -0.2) is 0 Å². The highest BCUT2D eigenvalue weighted by Gasteiger charge is 2.26. The number of benzene rings is 2. The zero-order chi connectivity index (χ0) is 27.7. The lowest BCUT2D eigenvalue weighted by molar-refractivity contribution is 0.435. The quantitative estimate of drug-likeness (QED) is 0.288. The zero-order valence-electron chi connectivity index (χ0n) is 24.8. The van der Waals surface area contributed by atoms with Crippen LogP contribution in [0.5, 0.6) is 11.5 Å². The fraction of sp³-hybridized carbons (Fsp3) is 0.594. The van der Waals surface area contributed by atoms with E-state index in [9.17, 15) is 10.2 Å². The van der Waals surface area contributed by atoms with Crippen molar-refractivity contribution in [1.29, 1.82) is 0 Å². The summed E-state index contributed by atoms with van der Waals surface area (Å²) in [5.41, 5.74) is 5.70. The van der Waals surface area contributed by atoms with Crippen molar-refractivity contribution in [2.24, 2.45) is 4.99 Å². The molecule has 0 bridgehead atoms. The van der Waals surface area contributed by atoms with Gasteiger partial charge in [0.2, 0.25) is 0 Å². The molecule has 2 aromatic carbocycles. The van der Waals surface area contributed by atoms with Gasteiger partial charge in [-0.05, 0) is 44.4 Å². The average molecular weight is 495 g/mol. The first-order valence-electron chi connectivity index (χ1n) is 13.2. The molecule has 0 heterocycles. The summed E-state index contributed by atoms with van der Waals surface area (Å²) < 4.78 is 0. The van der Waals surface area contributed by atoms with E-state index in [1.54, 1.807) is 6.21 Å². The molecule has 0 aliphatic heterocycles. The van der Waals surface area contributed by atoms with Gasteiger partial charge in [-0.1, -0.05) is 101 Å². The molecular weight excluding hydrogens is 444 g/mol. The van der Waals surface area contributed by atoms with Gasteiger partial charge in [-0.15, -0.1) is 0 Å². The third-order valence-corrected chi connectivity index (χ3v) is 6.64. The van der Waals surface area contributed by atoms with Gasteiger partial charge in [0, 0.05) is 36.0 Å². The number of nitrogens with zero attached hydrogens (tertiary/aromatic N) is 1. The van der Waals surface area contributed by atoms with Gasteiger partial charge >= 0.3 is 0 Å². The summed E-state index contributed by atoms with van der Waals surface area (Å²) in [6.07, 6.45) is 1.79. The largest absolute Gasteiger partial charge is 0.507 e. The van der Waals surface area contributed by atoms with Gasteiger partial charge in [0.25, 0.3) is 0 Å². The standard InChI is InChI=1S/C32H50N2O2/c1-29(2,3)23-15-21(27(35)25(17-23)31(7,8)9)19-33-13-14-34-20-22-16-24(30(4,5)6)18-26(28(22)36)32(10,11)12/h15-19,34-36H,13-14,20H2,1-12H3. The summed E-state index contributed by atoms with van der Waals surface area (Å²) in [7, 11) is 0. The molecule has 0 fully saturated rings. The highest BCUT2D eigenvalue weighted by molar-refractivity contribution is 5.85. The Kier molecular flexibility index (Phi) is 8.78. The molecule has 2 rings (SSSR count). The third kappa shape index (κ3) is 7.59. The maximum absolute atomic E-state index is 11.0. The molecule has 0 saturated carbocycles. The predicted molar refractivity (Wildman–Crippen MR) is 155 cm³/mol. The first-order valence-corrected chi connectivity index (χ1v) is 13.2. The molecule has 0 aliphatic carbocycles. The maximum atomic E-state index is 11.0. The van der Waals surface area contributed by atoms with Gasteiger partial charge < -0.3 is 15.5 Å². The number of nitrogens with one attached hydrogen (secondary N) is 1. The number of hydrogen-bond donors (Lipinski definition) is 3. The molecule has 0 aliphatic rings. The second-order valence-corrected chi connectivity index (χ2v) is 14.2. The Morgan fingerprint density at radius 3 is 1.61 bits per heavy atom. The molecular formula is C32H50N2O2. The molecule has 200 valence electrons. The summed E-state index contributed by atoms with van der Waals surface area (Å²) in [4.78, 5) is 4.61. The van der Waals surface area contributed by atoms with Crippen molar-refractivity contribution >= 4 is 6.21 Å². The molecule has 4 nitrogen and oxygen atoms in total. The minimum absolute atomic E-state index is 0.00223. The van der Waals surface area contributed by atoms with Crippen molar-refractivity contribution in [2.45, 2.75) is 111 Å². The Bertz CT molecular complexity index is 1090. The summed E-state index contributed by atoms with van der Waals surface area (Å²) in [6, 6.07) is 8.43. The molecule has 0 radical (unpaired) electrons. The molecule has 0 aromatic heterocycles. The van der Waals surface area contributed by atoms with Gasteiger partial charge in [0.15, 0.2) is 0 Å². The van der Waals surface area contributed by atoms with Gasteiger partial charge in [0.05, 0.1) is 6.54 Å². The number of aromatic hydroxyl groups is 2. The molecule has 2 aromatic rings. The fourth-order valence-electron chi connectivity index (χ4n) is 4.12. The van der Waals surface area contributed by atoms with Crippen LogP contribution in [0.3, 0.4) is 0 Å². The Hall–Kier alpha value is -2.33. The fourth-order valence-corrected chi connectivity index (χ4v) is 4.12. The molecule has 3 N–H and O–H groups in total. The number of aliphatic imine (C=N–C) groups is 1. The van der Waals surface area contributed by atoms with Crippen molar-refractivity contribution in [1.82, 2.24) is 5.32 Å². The van der Waals surface area contributed by atoms with Crippen LogP contribution >= 0.6 is 0 Å². The van der Waals surface area contributed by atoms with E-state index in [1.165, 1.54) is 11.1 Å². The minimum Gasteiger partial charge on any atom is -0.507 e. The highest BCUT2D eigenvalue weighted by atomic mass is 16.3. The van der Waals surface area contributed by atoms with E-state index in [0.717, 1.165) is 22.3 Å². The van der Waals surface area contributed by atoms with Crippen molar-refractivity contribution in [3.05, 3.63) is 57.6 Å². The molecule has 0 amide bonds. The van der Waals surface area contributed by atoms with E-state index < -0.39 is 0 Å². The van der Waals surface area contributed by atoms with Gasteiger partial charge in [-0.2, -0.15) is 0 Å². The van der Waals surface area contributed by atoms with Crippen LogP contribution in [0.25, 0.3) is 0 Å². The normalized spacial score (nSPS) is 13.6. The lowest BCUT2D eigenvalue weighted by atomic mass is 9.79. The number of phenols is 2. The van der Waals surface area contributed by atoms with Crippen LogP contribution in [0.1, 0.15) is 116 Å². The van der Waals surface area contributed by atoms with Crippen LogP contribution in [0.15, 0.2) is 29.3 Å². The van der Waals surface area contributed by atoms with Gasteiger partial charge in [0.1, 0.15) is 11.5 Å². The molecule has 0 spiro atoms. The summed E-state index contributed by atoms with van der Waals surface area (Å²) >= 11 is 0. The number of rotatable bonds is 6. The average Bonchev–Trinajstić information content (AvgIpc) is 2.69. The lowest BCUT2D eigenvalue weighted by Gasteiger charge is -2.27. The van der Waals surface area contributed by atoms with E-state index in [0.29, 0.717) is 31.1 Å². The van der Waals surface area contributed by atoms with E-state index in [4.69, 9.17) is 0 Å². The van der Waals surface area contributed by atoms with Crippen molar-refractivity contribution < 1.29 is 10.2 Å². The first-order chi connectivity index (χ1) is 16.2.